The molecule has 0 heterocycles. The van der Waals surface area contributed by atoms with Crippen LogP contribution in [0.3, 0.4) is 0 Å². The van der Waals surface area contributed by atoms with Crippen molar-refractivity contribution in [3.05, 3.63) is 0 Å². The SMILES string of the molecule is O=C(O)CN(CCSC(F)(F)F)C1CC1. The molecule has 0 amide bonds. The molecule has 0 bridgehead atoms. The Kier molecular flexibility index (Phi) is 4.27. The van der Waals surface area contributed by atoms with Gasteiger partial charge in [-0.1, -0.05) is 0 Å². The number of hydrogen-bond donors (Lipinski definition) is 1. The number of carboxylic acid groups (broad SMARTS) is 1. The molecule has 1 aliphatic carbocycles. The lowest BCUT2D eigenvalue weighted by atomic mass is 10.4. The van der Waals surface area contributed by atoms with E-state index in [9.17, 15) is 18.0 Å². The number of alkyl halides is 3. The topological polar surface area (TPSA) is 40.5 Å². The van der Waals surface area contributed by atoms with E-state index in [1.165, 1.54) is 0 Å². The predicted octanol–water partition coefficient (Wildman–Crippen LogP) is 1.79. The quantitative estimate of drug-likeness (QED) is 0.772. The second-order valence-corrected chi connectivity index (χ2v) is 4.55. The van der Waals surface area contributed by atoms with Crippen LogP contribution in [0.5, 0.6) is 0 Å². The van der Waals surface area contributed by atoms with Gasteiger partial charge in [0.05, 0.1) is 6.54 Å². The molecule has 0 aromatic rings. The van der Waals surface area contributed by atoms with Crippen molar-refractivity contribution in [1.29, 1.82) is 0 Å². The van der Waals surface area contributed by atoms with Gasteiger partial charge in [0, 0.05) is 18.3 Å². The van der Waals surface area contributed by atoms with Gasteiger partial charge in [0.2, 0.25) is 0 Å². The molecule has 1 fully saturated rings. The molecule has 88 valence electrons. The minimum atomic E-state index is -4.22. The van der Waals surface area contributed by atoms with Crippen molar-refractivity contribution in [2.45, 2.75) is 24.4 Å². The summed E-state index contributed by atoms with van der Waals surface area (Å²) >= 11 is -0.100. The standard InChI is InChI=1S/C8H12F3NO2S/c9-8(10,11)15-4-3-12(5-7(13)14)6-1-2-6/h6H,1-5H2,(H,13,14). The molecule has 0 spiro atoms. The van der Waals surface area contributed by atoms with Crippen LogP contribution in [0, 0.1) is 0 Å². The summed E-state index contributed by atoms with van der Waals surface area (Å²) in [5.41, 5.74) is -4.22. The molecule has 1 N–H and O–H groups in total. The highest BCUT2D eigenvalue weighted by atomic mass is 32.2. The zero-order chi connectivity index (χ0) is 11.5. The van der Waals surface area contributed by atoms with Gasteiger partial charge in [0.1, 0.15) is 0 Å². The molecule has 0 atom stereocenters. The zero-order valence-electron chi connectivity index (χ0n) is 7.96. The molecule has 1 rings (SSSR count). The molecular weight excluding hydrogens is 231 g/mol. The summed E-state index contributed by atoms with van der Waals surface area (Å²) in [7, 11) is 0. The van der Waals surface area contributed by atoms with E-state index in [0.717, 1.165) is 12.8 Å². The van der Waals surface area contributed by atoms with Crippen LogP contribution >= 0.6 is 11.8 Å². The van der Waals surface area contributed by atoms with E-state index in [-0.39, 0.29) is 36.6 Å². The van der Waals surface area contributed by atoms with Crippen molar-refractivity contribution < 1.29 is 23.1 Å². The summed E-state index contributed by atoms with van der Waals surface area (Å²) in [6.45, 7) is 0.0181. The third kappa shape index (κ3) is 5.88. The number of rotatable bonds is 6. The van der Waals surface area contributed by atoms with E-state index in [1.54, 1.807) is 4.90 Å². The fourth-order valence-electron chi connectivity index (χ4n) is 1.28. The van der Waals surface area contributed by atoms with Crippen molar-refractivity contribution >= 4 is 17.7 Å². The molecule has 0 unspecified atom stereocenters. The average Bonchev–Trinajstić information content (AvgIpc) is 2.81. The second kappa shape index (κ2) is 5.07. The van der Waals surface area contributed by atoms with E-state index in [2.05, 4.69) is 0 Å². The third-order valence-electron chi connectivity index (χ3n) is 2.05. The van der Waals surface area contributed by atoms with Crippen LogP contribution < -0.4 is 0 Å². The molecule has 0 aliphatic heterocycles. The van der Waals surface area contributed by atoms with Gasteiger partial charge >= 0.3 is 11.5 Å². The summed E-state index contributed by atoms with van der Waals surface area (Å²) in [4.78, 5) is 12.0. The summed E-state index contributed by atoms with van der Waals surface area (Å²) in [5.74, 6) is -1.09. The first-order valence-electron chi connectivity index (χ1n) is 4.55. The van der Waals surface area contributed by atoms with E-state index in [4.69, 9.17) is 5.11 Å². The number of carbonyl (C=O) groups is 1. The van der Waals surface area contributed by atoms with Gasteiger partial charge in [-0.3, -0.25) is 9.69 Å². The number of halogens is 3. The summed E-state index contributed by atoms with van der Waals surface area (Å²) < 4.78 is 35.4. The van der Waals surface area contributed by atoms with Crippen molar-refractivity contribution in [2.75, 3.05) is 18.8 Å². The maximum absolute atomic E-state index is 11.8. The fourth-order valence-corrected chi connectivity index (χ4v) is 1.84. The Morgan fingerprint density at radius 1 is 1.47 bits per heavy atom. The molecule has 7 heteroatoms. The average molecular weight is 243 g/mol. The third-order valence-corrected chi connectivity index (χ3v) is 2.76. The molecular formula is C8H12F3NO2S. The molecule has 0 saturated heterocycles. The lowest BCUT2D eigenvalue weighted by molar-refractivity contribution is -0.138. The van der Waals surface area contributed by atoms with E-state index < -0.39 is 11.5 Å². The van der Waals surface area contributed by atoms with Gasteiger partial charge in [0.15, 0.2) is 0 Å². The van der Waals surface area contributed by atoms with Crippen molar-refractivity contribution in [2.24, 2.45) is 0 Å². The van der Waals surface area contributed by atoms with Crippen LogP contribution in [0.2, 0.25) is 0 Å². The van der Waals surface area contributed by atoms with Crippen molar-refractivity contribution in [1.82, 2.24) is 4.90 Å². The first kappa shape index (κ1) is 12.6. The van der Waals surface area contributed by atoms with Gasteiger partial charge in [-0.25, -0.2) is 0 Å². The zero-order valence-corrected chi connectivity index (χ0v) is 8.77. The summed E-state index contributed by atoms with van der Waals surface area (Å²) in [6, 6.07) is 0.176. The van der Waals surface area contributed by atoms with Gasteiger partial charge in [-0.05, 0) is 24.6 Å². The molecule has 3 nitrogen and oxygen atoms in total. The molecule has 15 heavy (non-hydrogen) atoms. The fraction of sp³-hybridized carbons (Fsp3) is 0.875. The number of nitrogens with zero attached hydrogens (tertiary/aromatic N) is 1. The maximum Gasteiger partial charge on any atom is 0.441 e. The van der Waals surface area contributed by atoms with Crippen LogP contribution in [-0.2, 0) is 4.79 Å². The Labute approximate surface area is 89.6 Å². The first-order chi connectivity index (χ1) is 6.88. The maximum atomic E-state index is 11.8. The summed E-state index contributed by atoms with van der Waals surface area (Å²) in [5, 5.41) is 8.55. The highest BCUT2D eigenvalue weighted by Crippen LogP contribution is 2.31. The van der Waals surface area contributed by atoms with Crippen LogP contribution in [-0.4, -0.2) is 46.4 Å². The summed E-state index contributed by atoms with van der Waals surface area (Å²) in [6.07, 6.45) is 1.79. The van der Waals surface area contributed by atoms with Gasteiger partial charge in [-0.15, -0.1) is 0 Å². The Hall–Kier alpha value is -0.430. The minimum absolute atomic E-state index is 0.100. The van der Waals surface area contributed by atoms with E-state index >= 15 is 0 Å². The monoisotopic (exact) mass is 243 g/mol. The number of aliphatic carboxylic acids is 1. The van der Waals surface area contributed by atoms with Crippen molar-refractivity contribution in [3.8, 4) is 0 Å². The van der Waals surface area contributed by atoms with Crippen LogP contribution in [0.25, 0.3) is 0 Å². The van der Waals surface area contributed by atoms with Gasteiger partial charge < -0.3 is 5.11 Å². The van der Waals surface area contributed by atoms with Gasteiger partial charge in [0.25, 0.3) is 0 Å². The Morgan fingerprint density at radius 3 is 2.47 bits per heavy atom. The van der Waals surface area contributed by atoms with Crippen LogP contribution in [0.4, 0.5) is 13.2 Å². The Balaban J connectivity index is 2.23. The van der Waals surface area contributed by atoms with E-state index in [1.807, 2.05) is 0 Å². The van der Waals surface area contributed by atoms with E-state index in [0.29, 0.717) is 0 Å². The molecule has 0 aromatic carbocycles. The predicted molar refractivity (Wildman–Crippen MR) is 50.7 cm³/mol. The van der Waals surface area contributed by atoms with Gasteiger partial charge in [-0.2, -0.15) is 13.2 Å². The highest BCUT2D eigenvalue weighted by molar-refractivity contribution is 8.00. The number of hydrogen-bond acceptors (Lipinski definition) is 3. The molecule has 1 saturated carbocycles. The second-order valence-electron chi connectivity index (χ2n) is 3.39. The normalized spacial score (nSPS) is 17.1. The smallest absolute Gasteiger partial charge is 0.441 e. The lowest BCUT2D eigenvalue weighted by Crippen LogP contribution is -2.34. The Bertz CT molecular complexity index is 230. The Morgan fingerprint density at radius 2 is 2.07 bits per heavy atom. The van der Waals surface area contributed by atoms with Crippen LogP contribution in [0.1, 0.15) is 12.8 Å². The molecule has 1 aliphatic rings. The minimum Gasteiger partial charge on any atom is -0.480 e. The first-order valence-corrected chi connectivity index (χ1v) is 5.53. The number of thioether (sulfide) groups is 1. The van der Waals surface area contributed by atoms with Crippen LogP contribution in [0.15, 0.2) is 0 Å². The molecule has 0 radical (unpaired) electrons. The largest absolute Gasteiger partial charge is 0.480 e. The number of carboxylic acids is 1. The van der Waals surface area contributed by atoms with Crippen molar-refractivity contribution in [3.63, 3.8) is 0 Å². The lowest BCUT2D eigenvalue weighted by Gasteiger charge is -2.19. The molecule has 0 aromatic heterocycles. The highest BCUT2D eigenvalue weighted by Gasteiger charge is 2.32.